The first-order valence-corrected chi connectivity index (χ1v) is 5.10. The van der Waals surface area contributed by atoms with Gasteiger partial charge in [-0.15, -0.1) is 0 Å². The van der Waals surface area contributed by atoms with Gasteiger partial charge >= 0.3 is 0 Å². The number of ether oxygens (including phenoxy) is 1. The SMILES string of the molecule is CCc1ccnc(COCC(N)CN)n1. The summed E-state index contributed by atoms with van der Waals surface area (Å²) in [6, 6.07) is 1.79. The highest BCUT2D eigenvalue weighted by Crippen LogP contribution is 1.98. The van der Waals surface area contributed by atoms with E-state index < -0.39 is 0 Å². The molecule has 0 aliphatic heterocycles. The minimum atomic E-state index is -0.112. The molecule has 5 nitrogen and oxygen atoms in total. The fraction of sp³-hybridized carbons (Fsp3) is 0.600. The largest absolute Gasteiger partial charge is 0.372 e. The van der Waals surface area contributed by atoms with Crippen LogP contribution in [0, 0.1) is 0 Å². The minimum absolute atomic E-state index is 0.112. The molecule has 0 spiro atoms. The number of hydrogen-bond acceptors (Lipinski definition) is 5. The zero-order chi connectivity index (χ0) is 11.1. The van der Waals surface area contributed by atoms with Gasteiger partial charge in [-0.05, 0) is 12.5 Å². The van der Waals surface area contributed by atoms with E-state index in [2.05, 4.69) is 16.9 Å². The molecule has 0 aliphatic carbocycles. The number of aromatic nitrogens is 2. The van der Waals surface area contributed by atoms with Gasteiger partial charge in [0.25, 0.3) is 0 Å². The molecular weight excluding hydrogens is 192 g/mol. The monoisotopic (exact) mass is 210 g/mol. The Balaban J connectivity index is 2.37. The lowest BCUT2D eigenvalue weighted by Crippen LogP contribution is -2.34. The van der Waals surface area contributed by atoms with Gasteiger partial charge in [0, 0.05) is 24.5 Å². The molecule has 0 fully saturated rings. The molecule has 1 unspecified atom stereocenters. The highest BCUT2D eigenvalue weighted by molar-refractivity contribution is 5.01. The van der Waals surface area contributed by atoms with Crippen molar-refractivity contribution in [2.45, 2.75) is 26.0 Å². The fourth-order valence-corrected chi connectivity index (χ4v) is 1.08. The summed E-state index contributed by atoms with van der Waals surface area (Å²) in [6.07, 6.45) is 2.64. The van der Waals surface area contributed by atoms with E-state index in [1.807, 2.05) is 6.07 Å². The summed E-state index contributed by atoms with van der Waals surface area (Å²) in [5, 5.41) is 0. The van der Waals surface area contributed by atoms with Crippen molar-refractivity contribution in [2.24, 2.45) is 11.5 Å². The molecule has 0 radical (unpaired) electrons. The van der Waals surface area contributed by atoms with Gasteiger partial charge in [0.2, 0.25) is 0 Å². The second-order valence-corrected chi connectivity index (χ2v) is 3.33. The lowest BCUT2D eigenvalue weighted by atomic mass is 10.3. The average molecular weight is 210 g/mol. The summed E-state index contributed by atoms with van der Waals surface area (Å²) in [4.78, 5) is 8.41. The molecule has 1 aromatic heterocycles. The van der Waals surface area contributed by atoms with Crippen molar-refractivity contribution in [3.8, 4) is 0 Å². The molecule has 0 bridgehead atoms. The molecule has 84 valence electrons. The van der Waals surface area contributed by atoms with Crippen LogP contribution in [0.5, 0.6) is 0 Å². The second-order valence-electron chi connectivity index (χ2n) is 3.33. The van der Waals surface area contributed by atoms with Crippen molar-refractivity contribution in [1.82, 2.24) is 9.97 Å². The molecule has 5 heteroatoms. The molecule has 0 aromatic carbocycles. The molecule has 0 aliphatic rings. The van der Waals surface area contributed by atoms with Crippen LogP contribution in [0.25, 0.3) is 0 Å². The molecule has 0 amide bonds. The van der Waals surface area contributed by atoms with Gasteiger partial charge in [0.1, 0.15) is 6.61 Å². The van der Waals surface area contributed by atoms with Crippen molar-refractivity contribution < 1.29 is 4.74 Å². The van der Waals surface area contributed by atoms with Crippen LogP contribution in [0.3, 0.4) is 0 Å². The van der Waals surface area contributed by atoms with Crippen LogP contribution < -0.4 is 11.5 Å². The van der Waals surface area contributed by atoms with E-state index in [1.54, 1.807) is 6.20 Å². The van der Waals surface area contributed by atoms with Gasteiger partial charge in [-0.1, -0.05) is 6.92 Å². The lowest BCUT2D eigenvalue weighted by molar-refractivity contribution is 0.104. The van der Waals surface area contributed by atoms with Crippen LogP contribution in [-0.2, 0) is 17.8 Å². The van der Waals surface area contributed by atoms with Gasteiger partial charge in [-0.25, -0.2) is 9.97 Å². The van der Waals surface area contributed by atoms with Crippen LogP contribution in [0.4, 0.5) is 0 Å². The third-order valence-corrected chi connectivity index (χ3v) is 1.99. The number of nitrogens with zero attached hydrogens (tertiary/aromatic N) is 2. The number of hydrogen-bond donors (Lipinski definition) is 2. The number of aryl methyl sites for hydroxylation is 1. The van der Waals surface area contributed by atoms with Gasteiger partial charge in [0.15, 0.2) is 5.82 Å². The Morgan fingerprint density at radius 3 is 3.00 bits per heavy atom. The third kappa shape index (κ3) is 4.33. The second kappa shape index (κ2) is 6.44. The zero-order valence-electron chi connectivity index (χ0n) is 9.02. The van der Waals surface area contributed by atoms with Crippen molar-refractivity contribution in [3.63, 3.8) is 0 Å². The van der Waals surface area contributed by atoms with E-state index in [0.717, 1.165) is 12.1 Å². The third-order valence-electron chi connectivity index (χ3n) is 1.99. The van der Waals surface area contributed by atoms with Crippen molar-refractivity contribution in [1.29, 1.82) is 0 Å². The summed E-state index contributed by atoms with van der Waals surface area (Å²) in [5.41, 5.74) is 12.0. The maximum Gasteiger partial charge on any atom is 0.154 e. The highest BCUT2D eigenvalue weighted by Gasteiger charge is 2.01. The van der Waals surface area contributed by atoms with E-state index in [0.29, 0.717) is 25.6 Å². The first-order valence-electron chi connectivity index (χ1n) is 5.10. The van der Waals surface area contributed by atoms with E-state index in [-0.39, 0.29) is 6.04 Å². The van der Waals surface area contributed by atoms with Gasteiger partial charge < -0.3 is 16.2 Å². The van der Waals surface area contributed by atoms with Crippen LogP contribution in [0.15, 0.2) is 12.3 Å². The maximum atomic E-state index is 5.60. The molecule has 1 rings (SSSR count). The molecule has 1 heterocycles. The van der Waals surface area contributed by atoms with Crippen LogP contribution in [0.1, 0.15) is 18.4 Å². The van der Waals surface area contributed by atoms with Gasteiger partial charge in [0.05, 0.1) is 6.61 Å². The van der Waals surface area contributed by atoms with E-state index in [9.17, 15) is 0 Å². The molecular formula is C10H18N4O. The fourth-order valence-electron chi connectivity index (χ4n) is 1.08. The summed E-state index contributed by atoms with van der Waals surface area (Å²) in [7, 11) is 0. The van der Waals surface area contributed by atoms with Crippen LogP contribution in [-0.4, -0.2) is 29.2 Å². The Bertz CT molecular complexity index is 293. The van der Waals surface area contributed by atoms with Gasteiger partial charge in [-0.3, -0.25) is 0 Å². The molecule has 1 aromatic rings. The first kappa shape index (κ1) is 12.0. The zero-order valence-corrected chi connectivity index (χ0v) is 9.02. The van der Waals surface area contributed by atoms with Crippen LogP contribution >= 0.6 is 0 Å². The summed E-state index contributed by atoms with van der Waals surface area (Å²) in [6.45, 7) is 3.31. The molecule has 15 heavy (non-hydrogen) atoms. The Morgan fingerprint density at radius 1 is 1.53 bits per heavy atom. The van der Waals surface area contributed by atoms with Crippen molar-refractivity contribution >= 4 is 0 Å². The molecule has 0 saturated carbocycles. The van der Waals surface area contributed by atoms with E-state index in [4.69, 9.17) is 16.2 Å². The minimum Gasteiger partial charge on any atom is -0.372 e. The van der Waals surface area contributed by atoms with Crippen molar-refractivity contribution in [3.05, 3.63) is 23.8 Å². The molecule has 0 saturated heterocycles. The quantitative estimate of drug-likeness (QED) is 0.681. The van der Waals surface area contributed by atoms with E-state index in [1.165, 1.54) is 0 Å². The topological polar surface area (TPSA) is 87.0 Å². The standard InChI is InChI=1S/C10H18N4O/c1-2-9-3-4-13-10(14-9)7-15-6-8(12)5-11/h3-4,8H,2,5-7,11-12H2,1H3. The first-order chi connectivity index (χ1) is 7.26. The summed E-state index contributed by atoms with van der Waals surface area (Å²) >= 11 is 0. The predicted molar refractivity (Wildman–Crippen MR) is 58.1 cm³/mol. The smallest absolute Gasteiger partial charge is 0.154 e. The summed E-state index contributed by atoms with van der Waals surface area (Å²) < 4.78 is 5.34. The Morgan fingerprint density at radius 2 is 2.33 bits per heavy atom. The Kier molecular flexibility index (Phi) is 5.17. The van der Waals surface area contributed by atoms with Crippen LogP contribution in [0.2, 0.25) is 0 Å². The van der Waals surface area contributed by atoms with Gasteiger partial charge in [-0.2, -0.15) is 0 Å². The van der Waals surface area contributed by atoms with Crippen molar-refractivity contribution in [2.75, 3.05) is 13.2 Å². The normalized spacial score (nSPS) is 12.7. The Labute approximate surface area is 89.9 Å². The Hall–Kier alpha value is -1.04. The molecule has 1 atom stereocenters. The maximum absolute atomic E-state index is 5.60. The van der Waals surface area contributed by atoms with E-state index >= 15 is 0 Å². The highest BCUT2D eigenvalue weighted by atomic mass is 16.5. The number of rotatable bonds is 6. The summed E-state index contributed by atoms with van der Waals surface area (Å²) in [5.74, 6) is 0.693. The number of nitrogens with two attached hydrogens (primary N) is 2. The predicted octanol–water partition coefficient (Wildman–Crippen LogP) is -0.158. The average Bonchev–Trinajstić information content (AvgIpc) is 2.29. The lowest BCUT2D eigenvalue weighted by Gasteiger charge is -2.08. The molecule has 4 N–H and O–H groups in total.